The number of hydrogen-bond donors (Lipinski definition) is 2. The van der Waals surface area contributed by atoms with Gasteiger partial charge in [-0.1, -0.05) is 12.1 Å². The molecule has 18 heavy (non-hydrogen) atoms. The molecule has 1 fully saturated rings. The van der Waals surface area contributed by atoms with Crippen molar-refractivity contribution in [2.24, 2.45) is 0 Å². The number of rotatable bonds is 2. The van der Waals surface area contributed by atoms with Gasteiger partial charge < -0.3 is 20.1 Å². The Morgan fingerprint density at radius 2 is 2.17 bits per heavy atom. The molecule has 1 amide bonds. The van der Waals surface area contributed by atoms with Crippen LogP contribution in [0.25, 0.3) is 0 Å². The second kappa shape index (κ2) is 4.86. The van der Waals surface area contributed by atoms with Crippen molar-refractivity contribution < 1.29 is 14.3 Å². The Bertz CT molecular complexity index is 444. The number of ether oxygens (including phenoxy) is 2. The van der Waals surface area contributed by atoms with Crippen LogP contribution in [-0.2, 0) is 4.79 Å². The Hall–Kier alpha value is -1.75. The maximum Gasteiger partial charge on any atom is 0.264 e. The molecule has 0 radical (unpaired) electrons. The van der Waals surface area contributed by atoms with Crippen molar-refractivity contribution in [1.82, 2.24) is 10.6 Å². The van der Waals surface area contributed by atoms with Gasteiger partial charge in [0.05, 0.1) is 0 Å². The fourth-order valence-electron chi connectivity index (χ4n) is 2.22. The van der Waals surface area contributed by atoms with Gasteiger partial charge in [0, 0.05) is 12.6 Å². The molecule has 0 aliphatic carbocycles. The highest BCUT2D eigenvalue weighted by Gasteiger charge is 2.29. The van der Waals surface area contributed by atoms with Crippen molar-refractivity contribution in [3.05, 3.63) is 24.3 Å². The van der Waals surface area contributed by atoms with Gasteiger partial charge in [-0.05, 0) is 25.1 Å². The van der Waals surface area contributed by atoms with E-state index in [0.29, 0.717) is 11.5 Å². The molecule has 0 bridgehead atoms. The summed E-state index contributed by atoms with van der Waals surface area (Å²) in [5.74, 6) is 1.23. The Morgan fingerprint density at radius 1 is 1.33 bits per heavy atom. The third-order valence-corrected chi connectivity index (χ3v) is 3.21. The van der Waals surface area contributed by atoms with Crippen LogP contribution < -0.4 is 20.1 Å². The summed E-state index contributed by atoms with van der Waals surface area (Å²) in [7, 11) is 0. The summed E-state index contributed by atoms with van der Waals surface area (Å²) in [5, 5.41) is 6.18. The van der Waals surface area contributed by atoms with Crippen LogP contribution in [0.3, 0.4) is 0 Å². The fraction of sp³-hybridized carbons (Fsp3) is 0.462. The minimum absolute atomic E-state index is 0.0989. The summed E-state index contributed by atoms with van der Waals surface area (Å²) in [6.45, 7) is 2.05. The van der Waals surface area contributed by atoms with Gasteiger partial charge in [-0.25, -0.2) is 0 Å². The first-order chi connectivity index (χ1) is 8.83. The van der Waals surface area contributed by atoms with E-state index in [9.17, 15) is 4.79 Å². The lowest BCUT2D eigenvalue weighted by Crippen LogP contribution is -2.48. The Kier molecular flexibility index (Phi) is 3.06. The predicted molar refractivity (Wildman–Crippen MR) is 65.8 cm³/mol. The molecular formula is C13H16N2O3. The zero-order chi connectivity index (χ0) is 12.4. The standard InChI is InChI=1S/C13H16N2O3/c16-13(15-9-5-6-14-7-9)12-8-17-10-3-1-2-4-11(10)18-12/h1-4,9,12,14H,5-8H2,(H,15,16)/t9-,12-/m1/s1. The summed E-state index contributed by atoms with van der Waals surface area (Å²) < 4.78 is 11.2. The van der Waals surface area contributed by atoms with Gasteiger partial charge in [0.15, 0.2) is 11.5 Å². The molecule has 2 heterocycles. The molecular weight excluding hydrogens is 232 g/mol. The number of fused-ring (bicyclic) bond motifs is 1. The van der Waals surface area contributed by atoms with E-state index in [2.05, 4.69) is 10.6 Å². The van der Waals surface area contributed by atoms with E-state index in [0.717, 1.165) is 19.5 Å². The van der Waals surface area contributed by atoms with E-state index in [-0.39, 0.29) is 18.6 Å². The van der Waals surface area contributed by atoms with Gasteiger partial charge in [-0.2, -0.15) is 0 Å². The highest BCUT2D eigenvalue weighted by atomic mass is 16.6. The fourth-order valence-corrected chi connectivity index (χ4v) is 2.22. The van der Waals surface area contributed by atoms with E-state index < -0.39 is 6.10 Å². The molecule has 1 saturated heterocycles. The molecule has 2 N–H and O–H groups in total. The average molecular weight is 248 g/mol. The molecule has 0 aromatic heterocycles. The molecule has 0 saturated carbocycles. The minimum atomic E-state index is -0.555. The molecule has 1 aromatic carbocycles. The second-order valence-electron chi connectivity index (χ2n) is 4.56. The molecule has 5 heteroatoms. The Morgan fingerprint density at radius 3 is 2.94 bits per heavy atom. The zero-order valence-electron chi connectivity index (χ0n) is 10.0. The van der Waals surface area contributed by atoms with Gasteiger partial charge in [-0.15, -0.1) is 0 Å². The third kappa shape index (κ3) is 2.26. The smallest absolute Gasteiger partial charge is 0.264 e. The zero-order valence-corrected chi connectivity index (χ0v) is 10.0. The summed E-state index contributed by atoms with van der Waals surface area (Å²) in [6.07, 6.45) is 0.413. The van der Waals surface area contributed by atoms with Crippen molar-refractivity contribution >= 4 is 5.91 Å². The third-order valence-electron chi connectivity index (χ3n) is 3.21. The SMILES string of the molecule is O=C(N[C@@H]1CCNC1)[C@H]1COc2ccccc2O1. The molecule has 2 aliphatic heterocycles. The Labute approximate surface area is 105 Å². The summed E-state index contributed by atoms with van der Waals surface area (Å²) in [5.41, 5.74) is 0. The molecule has 1 aromatic rings. The number of carbonyl (C=O) groups excluding carboxylic acids is 1. The molecule has 2 atom stereocenters. The lowest BCUT2D eigenvalue weighted by Gasteiger charge is -2.26. The van der Waals surface area contributed by atoms with Gasteiger partial charge in [-0.3, -0.25) is 4.79 Å². The monoisotopic (exact) mass is 248 g/mol. The molecule has 0 unspecified atom stereocenters. The molecule has 2 aliphatic rings. The molecule has 0 spiro atoms. The minimum Gasteiger partial charge on any atom is -0.485 e. The number of benzene rings is 1. The van der Waals surface area contributed by atoms with Crippen molar-refractivity contribution in [2.45, 2.75) is 18.6 Å². The highest BCUT2D eigenvalue weighted by Crippen LogP contribution is 2.30. The van der Waals surface area contributed by atoms with Crippen LogP contribution in [0, 0.1) is 0 Å². The number of hydrogen-bond acceptors (Lipinski definition) is 4. The lowest BCUT2D eigenvalue weighted by molar-refractivity contribution is -0.130. The van der Waals surface area contributed by atoms with Crippen molar-refractivity contribution in [3.8, 4) is 11.5 Å². The highest BCUT2D eigenvalue weighted by molar-refractivity contribution is 5.82. The van der Waals surface area contributed by atoms with E-state index in [1.165, 1.54) is 0 Å². The number of para-hydroxylation sites is 2. The van der Waals surface area contributed by atoms with Crippen molar-refractivity contribution in [2.75, 3.05) is 19.7 Å². The van der Waals surface area contributed by atoms with Crippen LogP contribution >= 0.6 is 0 Å². The first-order valence-electron chi connectivity index (χ1n) is 6.22. The average Bonchev–Trinajstić information content (AvgIpc) is 2.91. The predicted octanol–water partition coefficient (Wildman–Crippen LogP) is 0.304. The topological polar surface area (TPSA) is 59.6 Å². The van der Waals surface area contributed by atoms with Crippen molar-refractivity contribution in [3.63, 3.8) is 0 Å². The van der Waals surface area contributed by atoms with Crippen LogP contribution in [0.5, 0.6) is 11.5 Å². The van der Waals surface area contributed by atoms with Crippen LogP contribution in [0.1, 0.15) is 6.42 Å². The lowest BCUT2D eigenvalue weighted by atomic mass is 10.2. The van der Waals surface area contributed by atoms with Crippen LogP contribution in [-0.4, -0.2) is 37.7 Å². The maximum absolute atomic E-state index is 12.0. The quantitative estimate of drug-likeness (QED) is 0.790. The van der Waals surface area contributed by atoms with Crippen LogP contribution in [0.15, 0.2) is 24.3 Å². The van der Waals surface area contributed by atoms with Crippen LogP contribution in [0.4, 0.5) is 0 Å². The second-order valence-corrected chi connectivity index (χ2v) is 4.56. The molecule has 96 valence electrons. The molecule has 5 nitrogen and oxygen atoms in total. The number of nitrogens with one attached hydrogen (secondary N) is 2. The van der Waals surface area contributed by atoms with E-state index >= 15 is 0 Å². The van der Waals surface area contributed by atoms with Crippen LogP contribution in [0.2, 0.25) is 0 Å². The first-order valence-corrected chi connectivity index (χ1v) is 6.22. The summed E-state index contributed by atoms with van der Waals surface area (Å²) in [4.78, 5) is 12.0. The van der Waals surface area contributed by atoms with E-state index in [4.69, 9.17) is 9.47 Å². The van der Waals surface area contributed by atoms with E-state index in [1.54, 1.807) is 0 Å². The van der Waals surface area contributed by atoms with Gasteiger partial charge in [0.25, 0.3) is 5.91 Å². The van der Waals surface area contributed by atoms with Gasteiger partial charge in [0.1, 0.15) is 6.61 Å². The Balaban J connectivity index is 1.62. The number of amides is 1. The maximum atomic E-state index is 12.0. The van der Waals surface area contributed by atoms with Crippen molar-refractivity contribution in [1.29, 1.82) is 0 Å². The normalized spacial score (nSPS) is 25.8. The first kappa shape index (κ1) is 11.3. The summed E-state index contributed by atoms with van der Waals surface area (Å²) >= 11 is 0. The van der Waals surface area contributed by atoms with Gasteiger partial charge >= 0.3 is 0 Å². The largest absolute Gasteiger partial charge is 0.485 e. The van der Waals surface area contributed by atoms with E-state index in [1.807, 2.05) is 24.3 Å². The molecule has 3 rings (SSSR count). The van der Waals surface area contributed by atoms with Gasteiger partial charge in [0.2, 0.25) is 6.10 Å². The number of carbonyl (C=O) groups is 1. The summed E-state index contributed by atoms with van der Waals surface area (Å²) in [6, 6.07) is 7.60.